The Hall–Kier alpha value is -1.42. The van der Waals surface area contributed by atoms with Gasteiger partial charge in [-0.25, -0.2) is 0 Å². The highest BCUT2D eigenvalue weighted by molar-refractivity contribution is 6.33. The molecule has 1 radical (unpaired) electrons. The first-order valence-electron chi connectivity index (χ1n) is 2.97. The molecule has 0 saturated carbocycles. The van der Waals surface area contributed by atoms with Crippen LogP contribution in [-0.2, 0) is 4.79 Å². The van der Waals surface area contributed by atoms with Gasteiger partial charge in [-0.15, -0.1) is 0 Å². The quantitative estimate of drug-likeness (QED) is 0.519. The number of hydrogen-bond acceptors (Lipinski definition) is 3. The molecule has 0 atom stereocenters. The third-order valence-electron chi connectivity index (χ3n) is 1.27. The largest absolute Gasteiger partial charge is 0.285 e. The number of nitro benzene ring substituents is 1. The molecule has 0 aliphatic carbocycles. The molecule has 12 heavy (non-hydrogen) atoms. The molecule has 0 amide bonds. The summed E-state index contributed by atoms with van der Waals surface area (Å²) in [5, 5.41) is 10.2. The van der Waals surface area contributed by atoms with Crippen molar-refractivity contribution < 1.29 is 9.72 Å². The van der Waals surface area contributed by atoms with Gasteiger partial charge in [-0.3, -0.25) is 14.9 Å². The van der Waals surface area contributed by atoms with Crippen LogP contribution in [0.2, 0.25) is 5.02 Å². The number of benzene rings is 1. The first-order chi connectivity index (χ1) is 5.65. The Kier molecular flexibility index (Phi) is 2.40. The topological polar surface area (TPSA) is 60.2 Å². The van der Waals surface area contributed by atoms with E-state index in [0.29, 0.717) is 0 Å². The minimum absolute atomic E-state index is 0.0409. The van der Waals surface area contributed by atoms with Gasteiger partial charge < -0.3 is 0 Å². The molecule has 0 spiro atoms. The van der Waals surface area contributed by atoms with Crippen LogP contribution in [0.25, 0.3) is 0 Å². The summed E-state index contributed by atoms with van der Waals surface area (Å²) in [7, 11) is 0. The van der Waals surface area contributed by atoms with Gasteiger partial charge in [0.05, 0.1) is 9.95 Å². The van der Waals surface area contributed by atoms with E-state index in [-0.39, 0.29) is 16.3 Å². The Morgan fingerprint density at radius 2 is 2.17 bits per heavy atom. The summed E-state index contributed by atoms with van der Waals surface area (Å²) in [4.78, 5) is 19.7. The number of rotatable bonds is 2. The predicted octanol–water partition coefficient (Wildman–Crippen LogP) is 1.71. The van der Waals surface area contributed by atoms with E-state index in [0.717, 1.165) is 6.07 Å². The summed E-state index contributed by atoms with van der Waals surface area (Å²) in [6.45, 7) is 0. The zero-order valence-corrected chi connectivity index (χ0v) is 6.54. The van der Waals surface area contributed by atoms with Crippen LogP contribution in [0.1, 0.15) is 5.56 Å². The highest BCUT2D eigenvalue weighted by atomic mass is 35.5. The molecule has 0 fully saturated rings. The molecule has 0 aliphatic rings. The van der Waals surface area contributed by atoms with Crippen LogP contribution in [0.15, 0.2) is 18.2 Å². The Morgan fingerprint density at radius 1 is 1.50 bits per heavy atom. The third-order valence-corrected chi connectivity index (χ3v) is 1.59. The van der Waals surface area contributed by atoms with Crippen LogP contribution in [0, 0.1) is 10.1 Å². The molecule has 0 bridgehead atoms. The molecule has 0 heterocycles. The Morgan fingerprint density at radius 3 is 2.58 bits per heavy atom. The van der Waals surface area contributed by atoms with Crippen LogP contribution < -0.4 is 0 Å². The fourth-order valence-electron chi connectivity index (χ4n) is 0.700. The molecule has 0 saturated heterocycles. The van der Waals surface area contributed by atoms with Gasteiger partial charge in [0.2, 0.25) is 6.29 Å². The number of hydrogen-bond donors (Lipinski definition) is 0. The second kappa shape index (κ2) is 3.32. The minimum atomic E-state index is -0.583. The molecule has 1 aromatic carbocycles. The molecule has 0 unspecified atom stereocenters. The lowest BCUT2D eigenvalue weighted by Crippen LogP contribution is -1.89. The lowest BCUT2D eigenvalue weighted by molar-refractivity contribution is -0.384. The molecule has 4 nitrogen and oxygen atoms in total. The Bertz CT molecular complexity index is 337. The first kappa shape index (κ1) is 8.67. The average Bonchev–Trinajstić information content (AvgIpc) is 2.04. The summed E-state index contributed by atoms with van der Waals surface area (Å²) in [6.07, 6.45) is 1.56. The summed E-state index contributed by atoms with van der Waals surface area (Å²) in [5.74, 6) is 0. The zero-order chi connectivity index (χ0) is 9.14. The highest BCUT2D eigenvalue weighted by Crippen LogP contribution is 2.20. The molecule has 1 rings (SSSR count). The molecule has 0 aromatic heterocycles. The SMILES string of the molecule is O=[C]c1ccc([N+](=O)[O-])cc1Cl. The van der Waals surface area contributed by atoms with Crippen molar-refractivity contribution >= 4 is 23.6 Å². The predicted molar refractivity (Wildman–Crippen MR) is 42.9 cm³/mol. The smallest absolute Gasteiger partial charge is 0.270 e. The number of nitrogens with zero attached hydrogens (tertiary/aromatic N) is 1. The van der Waals surface area contributed by atoms with Crippen molar-refractivity contribution in [2.24, 2.45) is 0 Å². The van der Waals surface area contributed by atoms with E-state index in [1.54, 1.807) is 6.29 Å². The average molecular weight is 185 g/mol. The van der Waals surface area contributed by atoms with E-state index in [2.05, 4.69) is 0 Å². The van der Waals surface area contributed by atoms with Crippen LogP contribution in [-0.4, -0.2) is 11.2 Å². The van der Waals surface area contributed by atoms with Gasteiger partial charge in [-0.1, -0.05) is 11.6 Å². The van der Waals surface area contributed by atoms with Crippen molar-refractivity contribution in [3.05, 3.63) is 38.9 Å². The van der Waals surface area contributed by atoms with Crippen molar-refractivity contribution in [2.75, 3.05) is 0 Å². The normalized spacial score (nSPS) is 9.42. The van der Waals surface area contributed by atoms with Crippen LogP contribution >= 0.6 is 11.6 Å². The van der Waals surface area contributed by atoms with E-state index in [9.17, 15) is 14.9 Å². The third kappa shape index (κ3) is 1.60. The standard InChI is InChI=1S/C7H3ClNO3/c8-7-3-6(9(11)12)2-1-5(7)4-10/h1-3H. The maximum atomic E-state index is 10.2. The van der Waals surface area contributed by atoms with Crippen LogP contribution in [0.5, 0.6) is 0 Å². The lowest BCUT2D eigenvalue weighted by Gasteiger charge is -1.93. The Balaban J connectivity index is 3.18. The van der Waals surface area contributed by atoms with Gasteiger partial charge in [-0.2, -0.15) is 0 Å². The molecule has 5 heteroatoms. The van der Waals surface area contributed by atoms with E-state index in [1.165, 1.54) is 12.1 Å². The number of halogens is 1. The van der Waals surface area contributed by atoms with Gasteiger partial charge >= 0.3 is 0 Å². The van der Waals surface area contributed by atoms with E-state index in [1.807, 2.05) is 0 Å². The van der Waals surface area contributed by atoms with E-state index >= 15 is 0 Å². The second-order valence-electron chi connectivity index (χ2n) is 2.02. The number of non-ortho nitro benzene ring substituents is 1. The van der Waals surface area contributed by atoms with Crippen molar-refractivity contribution in [3.63, 3.8) is 0 Å². The monoisotopic (exact) mass is 184 g/mol. The summed E-state index contributed by atoms with van der Waals surface area (Å²) in [6, 6.07) is 3.57. The van der Waals surface area contributed by atoms with E-state index in [4.69, 9.17) is 11.6 Å². The van der Waals surface area contributed by atoms with Gasteiger partial charge in [-0.05, 0) is 6.07 Å². The number of nitro groups is 1. The molecular formula is C7H3ClNO3. The molecule has 0 N–H and O–H groups in total. The summed E-state index contributed by atoms with van der Waals surface area (Å²) < 4.78 is 0. The van der Waals surface area contributed by atoms with Crippen molar-refractivity contribution in [3.8, 4) is 0 Å². The van der Waals surface area contributed by atoms with Gasteiger partial charge in [0.15, 0.2) is 0 Å². The van der Waals surface area contributed by atoms with Crippen molar-refractivity contribution in [1.82, 2.24) is 0 Å². The Labute approximate surface area is 72.9 Å². The van der Waals surface area contributed by atoms with Gasteiger partial charge in [0.25, 0.3) is 5.69 Å². The maximum absolute atomic E-state index is 10.2. The van der Waals surface area contributed by atoms with Crippen molar-refractivity contribution in [2.45, 2.75) is 0 Å². The molecular weight excluding hydrogens is 182 g/mol. The second-order valence-corrected chi connectivity index (χ2v) is 2.43. The van der Waals surface area contributed by atoms with Gasteiger partial charge in [0, 0.05) is 17.7 Å². The first-order valence-corrected chi connectivity index (χ1v) is 3.35. The molecule has 1 aromatic rings. The lowest BCUT2D eigenvalue weighted by atomic mass is 10.2. The zero-order valence-electron chi connectivity index (χ0n) is 5.78. The van der Waals surface area contributed by atoms with Gasteiger partial charge in [0.1, 0.15) is 0 Å². The van der Waals surface area contributed by atoms with Crippen LogP contribution in [0.4, 0.5) is 5.69 Å². The fraction of sp³-hybridized carbons (Fsp3) is 0. The van der Waals surface area contributed by atoms with Crippen LogP contribution in [0.3, 0.4) is 0 Å². The molecule has 61 valence electrons. The maximum Gasteiger partial charge on any atom is 0.270 e. The molecule has 0 aliphatic heterocycles. The fourth-order valence-corrected chi connectivity index (χ4v) is 0.914. The minimum Gasteiger partial charge on any atom is -0.285 e. The number of carbonyl (C=O) groups excluding carboxylic acids is 1. The van der Waals surface area contributed by atoms with Crippen molar-refractivity contribution in [1.29, 1.82) is 0 Å². The summed E-state index contributed by atoms with van der Waals surface area (Å²) in [5.41, 5.74) is -0.0127. The highest BCUT2D eigenvalue weighted by Gasteiger charge is 2.08. The summed E-state index contributed by atoms with van der Waals surface area (Å²) >= 11 is 5.51. The van der Waals surface area contributed by atoms with E-state index < -0.39 is 4.92 Å².